The van der Waals surface area contributed by atoms with Crippen LogP contribution in [0, 0.1) is 0 Å². The van der Waals surface area contributed by atoms with Gasteiger partial charge in [0, 0.05) is 59.5 Å². The van der Waals surface area contributed by atoms with E-state index in [2.05, 4.69) is 34.7 Å². The second kappa shape index (κ2) is 14.1. The standard InChI is InChI=1S/C28H37F6N7O4Si/c1-19(17-44-10-5-23(42)38-6-8-39(9-7-38)26-35-13-20(14-36-26)27(29,30)31)40-16-21(28(32,33)34)24-22(40)15-37-41(25(24)43)18-45-11-12-46(2,3)4/h13-16,19H,5-12,17-18H2,1-4H3/i19D. The Bertz CT molecular complexity index is 1600. The normalized spacial score (nSPS) is 16.5. The lowest BCUT2D eigenvalue weighted by atomic mass is 10.2. The summed E-state index contributed by atoms with van der Waals surface area (Å²) in [5, 5.41) is 3.36. The van der Waals surface area contributed by atoms with Crippen molar-refractivity contribution in [1.82, 2.24) is 29.2 Å². The lowest BCUT2D eigenvalue weighted by molar-refractivity contribution is -0.138. The average molecular weight is 679 g/mol. The van der Waals surface area contributed by atoms with Gasteiger partial charge in [0.2, 0.25) is 11.9 Å². The topological polar surface area (TPSA) is 108 Å². The van der Waals surface area contributed by atoms with Crippen LogP contribution in [0.5, 0.6) is 0 Å². The van der Waals surface area contributed by atoms with Crippen LogP contribution in [0.4, 0.5) is 32.3 Å². The van der Waals surface area contributed by atoms with Crippen molar-refractivity contribution in [2.45, 2.75) is 64.1 Å². The molecule has 1 unspecified atom stereocenters. The summed E-state index contributed by atoms with van der Waals surface area (Å²) >= 11 is 0. The summed E-state index contributed by atoms with van der Waals surface area (Å²) in [6.07, 6.45) is -6.30. The van der Waals surface area contributed by atoms with Crippen LogP contribution in [0.2, 0.25) is 25.7 Å². The Morgan fingerprint density at radius 1 is 1.00 bits per heavy atom. The van der Waals surface area contributed by atoms with E-state index in [1.165, 1.54) is 6.92 Å². The third kappa shape index (κ3) is 8.84. The highest BCUT2D eigenvalue weighted by Gasteiger charge is 2.37. The maximum absolute atomic E-state index is 14.0. The van der Waals surface area contributed by atoms with Crippen LogP contribution in [-0.2, 0) is 33.4 Å². The summed E-state index contributed by atoms with van der Waals surface area (Å²) in [5.74, 6) is -0.151. The summed E-state index contributed by atoms with van der Waals surface area (Å²) in [4.78, 5) is 36.6. The molecule has 0 saturated carbocycles. The van der Waals surface area contributed by atoms with Gasteiger partial charge in [-0.25, -0.2) is 14.6 Å². The molecule has 1 amide bonds. The fourth-order valence-corrected chi connectivity index (χ4v) is 5.48. The summed E-state index contributed by atoms with van der Waals surface area (Å²) in [6, 6.07) is -0.999. The first-order chi connectivity index (χ1) is 21.8. The van der Waals surface area contributed by atoms with E-state index in [0.717, 1.165) is 21.5 Å². The van der Waals surface area contributed by atoms with Gasteiger partial charge < -0.3 is 23.8 Å². The first-order valence-corrected chi connectivity index (χ1v) is 18.2. The minimum atomic E-state index is -4.88. The van der Waals surface area contributed by atoms with Gasteiger partial charge in [-0.3, -0.25) is 9.59 Å². The molecule has 0 N–H and O–H groups in total. The van der Waals surface area contributed by atoms with Gasteiger partial charge in [0.15, 0.2) is 0 Å². The number of piperazine rings is 1. The van der Waals surface area contributed by atoms with Gasteiger partial charge in [-0.1, -0.05) is 19.6 Å². The Kier molecular flexibility index (Phi) is 10.4. The largest absolute Gasteiger partial charge is 0.419 e. The Hall–Kier alpha value is -3.51. The number of fused-ring (bicyclic) bond motifs is 1. The molecule has 3 aromatic rings. The Balaban J connectivity index is 1.34. The monoisotopic (exact) mass is 678 g/mol. The van der Waals surface area contributed by atoms with Gasteiger partial charge >= 0.3 is 12.4 Å². The van der Waals surface area contributed by atoms with Crippen molar-refractivity contribution in [2.75, 3.05) is 50.9 Å². The molecular formula is C28H37F6N7O4Si. The lowest BCUT2D eigenvalue weighted by Crippen LogP contribution is -2.49. The predicted molar refractivity (Wildman–Crippen MR) is 159 cm³/mol. The predicted octanol–water partition coefficient (Wildman–Crippen LogP) is 4.65. The number of alkyl halides is 6. The highest BCUT2D eigenvalue weighted by Crippen LogP contribution is 2.35. The zero-order chi connectivity index (χ0) is 34.8. The van der Waals surface area contributed by atoms with Crippen molar-refractivity contribution in [2.24, 2.45) is 0 Å². The average Bonchev–Trinajstić information content (AvgIpc) is 3.40. The van der Waals surface area contributed by atoms with E-state index in [-0.39, 0.29) is 50.2 Å². The van der Waals surface area contributed by atoms with Crippen LogP contribution in [-0.4, -0.2) is 89.2 Å². The molecule has 1 atom stereocenters. The Morgan fingerprint density at radius 2 is 1.65 bits per heavy atom. The van der Waals surface area contributed by atoms with Gasteiger partial charge in [-0.05, 0) is 13.0 Å². The van der Waals surface area contributed by atoms with Crippen molar-refractivity contribution in [1.29, 1.82) is 0 Å². The second-order valence-corrected chi connectivity index (χ2v) is 17.8. The number of carbonyl (C=O) groups is 1. The number of nitrogens with zero attached hydrogens (tertiary/aromatic N) is 7. The number of ether oxygens (including phenoxy) is 2. The molecule has 1 aliphatic heterocycles. The number of halogens is 6. The smallest absolute Gasteiger partial charge is 0.379 e. The van der Waals surface area contributed by atoms with Gasteiger partial charge in [-0.15, -0.1) is 0 Å². The summed E-state index contributed by atoms with van der Waals surface area (Å²) in [6.45, 7) is 8.37. The zero-order valence-corrected chi connectivity index (χ0v) is 26.9. The van der Waals surface area contributed by atoms with Crippen molar-refractivity contribution in [3.63, 3.8) is 0 Å². The number of hydrogen-bond donors (Lipinski definition) is 0. The second-order valence-electron chi connectivity index (χ2n) is 12.1. The molecular weight excluding hydrogens is 640 g/mol. The van der Waals surface area contributed by atoms with E-state index in [4.69, 9.17) is 10.8 Å². The van der Waals surface area contributed by atoms with Crippen molar-refractivity contribution in [3.8, 4) is 0 Å². The summed E-state index contributed by atoms with van der Waals surface area (Å²) < 4.78 is 102. The van der Waals surface area contributed by atoms with Crippen molar-refractivity contribution >= 4 is 30.8 Å². The number of rotatable bonds is 12. The zero-order valence-electron chi connectivity index (χ0n) is 26.9. The van der Waals surface area contributed by atoms with Gasteiger partial charge in [0.05, 0.1) is 55.2 Å². The quantitative estimate of drug-likeness (QED) is 0.155. The third-order valence-electron chi connectivity index (χ3n) is 7.39. The maximum Gasteiger partial charge on any atom is 0.419 e. The first kappa shape index (κ1) is 33.8. The summed E-state index contributed by atoms with van der Waals surface area (Å²) in [7, 11) is -1.43. The molecule has 1 saturated heterocycles. The lowest BCUT2D eigenvalue weighted by Gasteiger charge is -2.34. The molecule has 4 rings (SSSR count). The number of carbonyl (C=O) groups excluding carboxylic acids is 1. The fourth-order valence-electron chi connectivity index (χ4n) is 4.72. The van der Waals surface area contributed by atoms with Crippen LogP contribution in [0.3, 0.4) is 0 Å². The SMILES string of the molecule is [2H]C(C)(COCCC(=O)N1CCN(c2ncc(C(F)(F)F)cn2)CC1)n1cc(C(F)(F)F)c2c(=O)n(COCC[Si](C)(C)C)ncc21. The Morgan fingerprint density at radius 3 is 2.24 bits per heavy atom. The molecule has 11 nitrogen and oxygen atoms in total. The molecule has 0 radical (unpaired) electrons. The van der Waals surface area contributed by atoms with Crippen molar-refractivity contribution < 1.29 is 42.0 Å². The van der Waals surface area contributed by atoms with E-state index in [1.54, 1.807) is 9.80 Å². The van der Waals surface area contributed by atoms with Crippen LogP contribution in [0.15, 0.2) is 29.6 Å². The molecule has 1 aliphatic rings. The minimum Gasteiger partial charge on any atom is -0.379 e. The molecule has 254 valence electrons. The van der Waals surface area contributed by atoms with Crippen LogP contribution >= 0.6 is 0 Å². The molecule has 1 fully saturated rings. The molecule has 18 heteroatoms. The molecule has 4 heterocycles. The Labute approximate surface area is 263 Å². The van der Waals surface area contributed by atoms with Gasteiger partial charge in [0.1, 0.15) is 6.73 Å². The summed E-state index contributed by atoms with van der Waals surface area (Å²) in [5.41, 5.74) is -3.34. The number of anilines is 1. The molecule has 0 aliphatic carbocycles. The highest BCUT2D eigenvalue weighted by molar-refractivity contribution is 6.76. The van der Waals surface area contributed by atoms with Crippen LogP contribution < -0.4 is 10.5 Å². The van der Waals surface area contributed by atoms with E-state index < -0.39 is 55.1 Å². The minimum absolute atomic E-state index is 0.0724. The molecule has 46 heavy (non-hydrogen) atoms. The van der Waals surface area contributed by atoms with Crippen molar-refractivity contribution in [3.05, 3.63) is 46.3 Å². The van der Waals surface area contributed by atoms with E-state index in [1.807, 2.05) is 0 Å². The molecule has 3 aromatic heterocycles. The van der Waals surface area contributed by atoms with Gasteiger partial charge in [-0.2, -0.15) is 31.4 Å². The van der Waals surface area contributed by atoms with E-state index in [9.17, 15) is 35.9 Å². The maximum atomic E-state index is 14.0. The molecule has 0 spiro atoms. The molecule has 0 aromatic carbocycles. The van der Waals surface area contributed by atoms with Gasteiger partial charge in [0.25, 0.3) is 5.56 Å². The number of amides is 1. The third-order valence-corrected chi connectivity index (χ3v) is 9.09. The fraction of sp³-hybridized carbons (Fsp3) is 0.607. The number of hydrogen-bond acceptors (Lipinski definition) is 8. The van der Waals surface area contributed by atoms with E-state index >= 15 is 0 Å². The van der Waals surface area contributed by atoms with Crippen LogP contribution in [0.25, 0.3) is 10.9 Å². The molecule has 0 bridgehead atoms. The number of aromatic nitrogens is 5. The van der Waals surface area contributed by atoms with E-state index in [0.29, 0.717) is 38.3 Å². The first-order valence-electron chi connectivity index (χ1n) is 15.0. The van der Waals surface area contributed by atoms with Crippen LogP contribution in [0.1, 0.15) is 31.9 Å². The highest BCUT2D eigenvalue weighted by atomic mass is 28.3.